The Bertz CT molecular complexity index is 1170. The lowest BCUT2D eigenvalue weighted by Gasteiger charge is -2.50. The van der Waals surface area contributed by atoms with Crippen LogP contribution in [0.1, 0.15) is 66.4 Å². The highest BCUT2D eigenvalue weighted by atomic mass is 19.2. The average Bonchev–Trinajstić information content (AvgIpc) is 3.15. The first-order valence-electron chi connectivity index (χ1n) is 11.6. The molecule has 5 atom stereocenters. The van der Waals surface area contributed by atoms with Gasteiger partial charge in [-0.25, -0.2) is 22.4 Å². The molecular formula is C26H26F4O4. The molecule has 2 aromatic carbocycles. The van der Waals surface area contributed by atoms with E-state index in [9.17, 15) is 27.5 Å². The molecule has 2 saturated carbocycles. The van der Waals surface area contributed by atoms with E-state index in [1.54, 1.807) is 6.07 Å². The Morgan fingerprint density at radius 3 is 2.53 bits per heavy atom. The number of esters is 1. The van der Waals surface area contributed by atoms with Crippen LogP contribution < -0.4 is 4.74 Å². The fourth-order valence-corrected chi connectivity index (χ4v) is 6.81. The molecule has 3 unspecified atom stereocenters. The highest BCUT2D eigenvalue weighted by Crippen LogP contribution is 2.62. The van der Waals surface area contributed by atoms with Crippen molar-refractivity contribution in [2.75, 3.05) is 7.11 Å². The lowest BCUT2D eigenvalue weighted by molar-refractivity contribution is -0.0431. The van der Waals surface area contributed by atoms with Crippen LogP contribution in [-0.2, 0) is 11.2 Å². The normalized spacial score (nSPS) is 29.7. The quantitative estimate of drug-likeness (QED) is 0.253. The minimum atomic E-state index is -2.02. The van der Waals surface area contributed by atoms with E-state index in [2.05, 4.69) is 6.92 Å². The van der Waals surface area contributed by atoms with Gasteiger partial charge in [-0.2, -0.15) is 0 Å². The molecule has 0 bridgehead atoms. The zero-order valence-electron chi connectivity index (χ0n) is 19.0. The van der Waals surface area contributed by atoms with Crippen LogP contribution >= 0.6 is 0 Å². The molecule has 0 radical (unpaired) electrons. The third-order valence-corrected chi connectivity index (χ3v) is 8.51. The van der Waals surface area contributed by atoms with E-state index in [-0.39, 0.29) is 17.1 Å². The van der Waals surface area contributed by atoms with Gasteiger partial charge in [0.05, 0.1) is 7.11 Å². The van der Waals surface area contributed by atoms with Gasteiger partial charge in [-0.15, -0.1) is 0 Å². The zero-order chi connectivity index (χ0) is 24.4. The molecule has 0 saturated heterocycles. The van der Waals surface area contributed by atoms with E-state index >= 15 is 0 Å². The van der Waals surface area contributed by atoms with E-state index in [4.69, 9.17) is 9.47 Å². The minimum Gasteiger partial charge on any atom is -0.504 e. The highest BCUT2D eigenvalue weighted by molar-refractivity contribution is 5.90. The van der Waals surface area contributed by atoms with E-state index in [1.165, 1.54) is 12.7 Å². The van der Waals surface area contributed by atoms with Crippen molar-refractivity contribution in [1.29, 1.82) is 0 Å². The second-order valence-corrected chi connectivity index (χ2v) is 10.0. The number of methoxy groups -OCH3 is 1. The summed E-state index contributed by atoms with van der Waals surface area (Å²) in [6.45, 7) is 2.06. The Hall–Kier alpha value is -2.77. The number of benzene rings is 2. The van der Waals surface area contributed by atoms with Crippen molar-refractivity contribution in [3.05, 3.63) is 58.2 Å². The number of hydrogen-bond donors (Lipinski definition) is 1. The third kappa shape index (κ3) is 3.36. The molecule has 3 aliphatic carbocycles. The predicted molar refractivity (Wildman–Crippen MR) is 115 cm³/mol. The summed E-state index contributed by atoms with van der Waals surface area (Å²) in [4.78, 5) is 12.6. The molecule has 0 aliphatic heterocycles. The van der Waals surface area contributed by atoms with E-state index in [0.29, 0.717) is 30.1 Å². The number of carbonyl (C=O) groups excluding carboxylic acids is 1. The van der Waals surface area contributed by atoms with Crippen LogP contribution in [0.3, 0.4) is 0 Å². The van der Waals surface area contributed by atoms with Gasteiger partial charge < -0.3 is 14.6 Å². The molecule has 2 aromatic rings. The number of ether oxygens (including phenoxy) is 2. The number of halogens is 4. The Morgan fingerprint density at radius 1 is 1.03 bits per heavy atom. The second kappa shape index (κ2) is 8.17. The molecule has 0 heterocycles. The molecule has 0 spiro atoms. The number of rotatable bonds is 3. The first kappa shape index (κ1) is 23.0. The second-order valence-electron chi connectivity index (χ2n) is 10.0. The molecule has 0 amide bonds. The highest BCUT2D eigenvalue weighted by Gasteiger charge is 2.56. The standard InChI is InChI=1S/C26H26F4O4/c1-26-8-7-13-14(4-3-12-9-19(31)20(33-2)11-15(12)13)17(26)5-6-21(26)34-25(32)16-10-18(27)23(29)24(30)22(16)28/h9-11,13-14,17,21,31H,3-8H2,1-2H3/t13?,14?,17?,21-,26-/m0/s1. The van der Waals surface area contributed by atoms with Gasteiger partial charge in [0, 0.05) is 5.41 Å². The van der Waals surface area contributed by atoms with Crippen molar-refractivity contribution in [2.24, 2.45) is 17.3 Å². The van der Waals surface area contributed by atoms with Gasteiger partial charge in [-0.3, -0.25) is 0 Å². The SMILES string of the molecule is COc1cc2c(cc1O)CCC1C2CC[C@@]2(C)C1CC[C@@H]2OC(=O)c1cc(F)c(F)c(F)c1F. The van der Waals surface area contributed by atoms with Crippen LogP contribution in [0.4, 0.5) is 17.6 Å². The Balaban J connectivity index is 1.39. The van der Waals surface area contributed by atoms with Crippen LogP contribution in [0.5, 0.6) is 11.5 Å². The number of hydrogen-bond acceptors (Lipinski definition) is 4. The molecule has 0 aromatic heterocycles. The molecular weight excluding hydrogens is 452 g/mol. The van der Waals surface area contributed by atoms with Gasteiger partial charge >= 0.3 is 5.97 Å². The van der Waals surface area contributed by atoms with E-state index in [1.807, 2.05) is 6.07 Å². The monoisotopic (exact) mass is 478 g/mol. The molecule has 34 heavy (non-hydrogen) atoms. The molecule has 1 N–H and O–H groups in total. The van der Waals surface area contributed by atoms with Crippen LogP contribution in [0.2, 0.25) is 0 Å². The smallest absolute Gasteiger partial charge is 0.341 e. The number of aromatic hydroxyl groups is 1. The van der Waals surface area contributed by atoms with Crippen molar-refractivity contribution in [2.45, 2.75) is 57.5 Å². The maximum absolute atomic E-state index is 14.1. The molecule has 5 rings (SSSR count). The van der Waals surface area contributed by atoms with Crippen LogP contribution in [-0.4, -0.2) is 24.3 Å². The van der Waals surface area contributed by atoms with Crippen molar-refractivity contribution >= 4 is 5.97 Å². The molecule has 3 aliphatic rings. The number of fused-ring (bicyclic) bond motifs is 5. The summed E-state index contributed by atoms with van der Waals surface area (Å²) in [6.07, 6.45) is 4.22. The van der Waals surface area contributed by atoms with Crippen LogP contribution in [0, 0.1) is 40.5 Å². The van der Waals surface area contributed by atoms with E-state index < -0.39 is 40.9 Å². The average molecular weight is 478 g/mol. The fourth-order valence-electron chi connectivity index (χ4n) is 6.81. The maximum atomic E-state index is 14.1. The van der Waals surface area contributed by atoms with Crippen molar-refractivity contribution in [1.82, 2.24) is 0 Å². The Morgan fingerprint density at radius 2 is 1.79 bits per heavy atom. The Labute approximate surface area is 194 Å². The summed E-state index contributed by atoms with van der Waals surface area (Å²) in [5, 5.41) is 10.2. The Kier molecular flexibility index (Phi) is 5.52. The molecule has 8 heteroatoms. The zero-order valence-corrected chi connectivity index (χ0v) is 19.0. The first-order valence-corrected chi connectivity index (χ1v) is 11.6. The van der Waals surface area contributed by atoms with Crippen molar-refractivity contribution < 1.29 is 36.9 Å². The summed E-state index contributed by atoms with van der Waals surface area (Å²) >= 11 is 0. The van der Waals surface area contributed by atoms with Crippen molar-refractivity contribution in [3.63, 3.8) is 0 Å². The summed E-state index contributed by atoms with van der Waals surface area (Å²) in [5.41, 5.74) is 1.02. The van der Waals surface area contributed by atoms with Gasteiger partial charge in [0.2, 0.25) is 0 Å². The van der Waals surface area contributed by atoms with Gasteiger partial charge in [0.1, 0.15) is 11.7 Å². The van der Waals surface area contributed by atoms with Crippen LogP contribution in [0.25, 0.3) is 0 Å². The lowest BCUT2D eigenvalue weighted by atomic mass is 9.55. The van der Waals surface area contributed by atoms with Crippen molar-refractivity contribution in [3.8, 4) is 11.5 Å². The maximum Gasteiger partial charge on any atom is 0.341 e. The summed E-state index contributed by atoms with van der Waals surface area (Å²) in [6, 6.07) is 4.06. The summed E-state index contributed by atoms with van der Waals surface area (Å²) < 4.78 is 65.6. The number of phenols is 1. The van der Waals surface area contributed by atoms with Gasteiger partial charge in [-0.1, -0.05) is 6.92 Å². The molecule has 2 fully saturated rings. The number of aryl methyl sites for hydroxylation is 1. The minimum absolute atomic E-state index is 0.133. The largest absolute Gasteiger partial charge is 0.504 e. The third-order valence-electron chi connectivity index (χ3n) is 8.51. The van der Waals surface area contributed by atoms with Crippen LogP contribution in [0.15, 0.2) is 18.2 Å². The predicted octanol–water partition coefficient (Wildman–Crippen LogP) is 6.04. The topological polar surface area (TPSA) is 55.8 Å². The first-order chi connectivity index (χ1) is 16.2. The van der Waals surface area contributed by atoms with Gasteiger partial charge in [-0.05, 0) is 85.6 Å². The summed E-state index contributed by atoms with van der Waals surface area (Å²) in [7, 11) is 1.53. The molecule has 182 valence electrons. The number of phenolic OH excluding ortho intramolecular Hbond substituents is 1. The summed E-state index contributed by atoms with van der Waals surface area (Å²) in [5.74, 6) is -7.06. The fraction of sp³-hybridized carbons (Fsp3) is 0.500. The molecule has 4 nitrogen and oxygen atoms in total. The number of carbonyl (C=O) groups is 1. The lowest BCUT2D eigenvalue weighted by Crippen LogP contribution is -2.45. The van der Waals surface area contributed by atoms with Gasteiger partial charge in [0.25, 0.3) is 0 Å². The van der Waals surface area contributed by atoms with Gasteiger partial charge in [0.15, 0.2) is 34.8 Å². The van der Waals surface area contributed by atoms with E-state index in [0.717, 1.165) is 37.7 Å².